The summed E-state index contributed by atoms with van der Waals surface area (Å²) in [5.74, 6) is -0.0302. The molecule has 0 radical (unpaired) electrons. The summed E-state index contributed by atoms with van der Waals surface area (Å²) >= 11 is 5.48. The predicted octanol–water partition coefficient (Wildman–Crippen LogP) is 1.38. The van der Waals surface area contributed by atoms with Gasteiger partial charge in [0.15, 0.2) is 5.78 Å². The lowest BCUT2D eigenvalue weighted by Gasteiger charge is -2.04. The Kier molecular flexibility index (Phi) is 4.01. The maximum Gasteiger partial charge on any atom is 0.420 e. The lowest BCUT2D eigenvalue weighted by molar-refractivity contribution is -0.117. The molecule has 1 aliphatic rings. The highest BCUT2D eigenvalue weighted by atomic mass is 35.5. The zero-order chi connectivity index (χ0) is 14.9. The minimum Gasteiger partial charge on any atom is -0.334 e. The number of Topliss-reactive ketones (excluding diaryl/α,β-unsaturated/α-hetero) is 1. The molecule has 20 heavy (non-hydrogen) atoms. The summed E-state index contributed by atoms with van der Waals surface area (Å²) in [4.78, 5) is 21.7. The van der Waals surface area contributed by atoms with E-state index in [-0.39, 0.29) is 28.4 Å². The van der Waals surface area contributed by atoms with Crippen LogP contribution in [0.25, 0.3) is 0 Å². The normalized spacial score (nSPS) is 21.2. The number of rotatable bonds is 5. The molecular formula is C12H12ClNO5S. The zero-order valence-electron chi connectivity index (χ0n) is 10.3. The van der Waals surface area contributed by atoms with Crippen molar-refractivity contribution >= 4 is 33.6 Å². The van der Waals surface area contributed by atoms with E-state index in [1.807, 2.05) is 0 Å². The SMILES string of the molecule is NC(=O)OS(=O)(=O)c1ccc([C@@H]2C[C@H]2C(=O)CCl)cc1. The molecule has 0 saturated heterocycles. The summed E-state index contributed by atoms with van der Waals surface area (Å²) in [6, 6.07) is 5.80. The van der Waals surface area contributed by atoms with Crippen molar-refractivity contribution in [1.29, 1.82) is 0 Å². The molecule has 0 unspecified atom stereocenters. The van der Waals surface area contributed by atoms with Gasteiger partial charge in [0.05, 0.1) is 5.88 Å². The Morgan fingerprint density at radius 1 is 1.30 bits per heavy atom. The van der Waals surface area contributed by atoms with Crippen LogP contribution in [0.4, 0.5) is 4.79 Å². The summed E-state index contributed by atoms with van der Waals surface area (Å²) < 4.78 is 27.2. The lowest BCUT2D eigenvalue weighted by Crippen LogP contribution is -2.18. The Morgan fingerprint density at radius 2 is 1.90 bits per heavy atom. The van der Waals surface area contributed by atoms with E-state index >= 15 is 0 Å². The van der Waals surface area contributed by atoms with Crippen molar-refractivity contribution in [2.45, 2.75) is 17.2 Å². The number of carbonyl (C=O) groups is 2. The molecule has 1 aliphatic carbocycles. The largest absolute Gasteiger partial charge is 0.420 e. The van der Waals surface area contributed by atoms with Crippen molar-refractivity contribution in [1.82, 2.24) is 0 Å². The van der Waals surface area contributed by atoms with Crippen molar-refractivity contribution in [3.63, 3.8) is 0 Å². The second-order valence-electron chi connectivity index (χ2n) is 4.47. The van der Waals surface area contributed by atoms with Gasteiger partial charge in [-0.3, -0.25) is 4.79 Å². The Hall–Kier alpha value is -1.60. The molecule has 1 aromatic carbocycles. The molecule has 1 amide bonds. The van der Waals surface area contributed by atoms with Crippen LogP contribution < -0.4 is 5.73 Å². The molecule has 1 fully saturated rings. The van der Waals surface area contributed by atoms with E-state index in [0.717, 1.165) is 12.0 Å². The molecule has 2 atom stereocenters. The fraction of sp³-hybridized carbons (Fsp3) is 0.333. The quantitative estimate of drug-likeness (QED) is 0.652. The van der Waals surface area contributed by atoms with Crippen molar-refractivity contribution in [3.05, 3.63) is 29.8 Å². The summed E-state index contributed by atoms with van der Waals surface area (Å²) in [5.41, 5.74) is 5.53. The first-order valence-electron chi connectivity index (χ1n) is 5.77. The van der Waals surface area contributed by atoms with Crippen LogP contribution >= 0.6 is 11.6 Å². The Balaban J connectivity index is 2.12. The first-order chi connectivity index (χ1) is 9.35. The van der Waals surface area contributed by atoms with Crippen molar-refractivity contribution in [2.24, 2.45) is 11.7 Å². The van der Waals surface area contributed by atoms with Gasteiger partial charge in [-0.2, -0.15) is 8.42 Å². The maximum absolute atomic E-state index is 11.6. The smallest absolute Gasteiger partial charge is 0.334 e. The number of amides is 1. The third kappa shape index (κ3) is 3.10. The van der Waals surface area contributed by atoms with Crippen LogP contribution in [0.5, 0.6) is 0 Å². The van der Waals surface area contributed by atoms with E-state index in [0.29, 0.717) is 0 Å². The Labute approximate surface area is 121 Å². The topological polar surface area (TPSA) is 104 Å². The third-order valence-corrected chi connectivity index (χ3v) is 4.62. The number of hydrogen-bond acceptors (Lipinski definition) is 5. The van der Waals surface area contributed by atoms with E-state index in [1.165, 1.54) is 12.1 Å². The van der Waals surface area contributed by atoms with E-state index in [9.17, 15) is 18.0 Å². The van der Waals surface area contributed by atoms with Crippen LogP contribution in [0.2, 0.25) is 0 Å². The molecule has 0 aliphatic heterocycles. The molecule has 8 heteroatoms. The van der Waals surface area contributed by atoms with Crippen LogP contribution in [-0.2, 0) is 19.1 Å². The monoisotopic (exact) mass is 317 g/mol. The molecule has 0 spiro atoms. The highest BCUT2D eigenvalue weighted by Crippen LogP contribution is 2.48. The molecule has 0 bridgehead atoms. The van der Waals surface area contributed by atoms with Gasteiger partial charge in [-0.15, -0.1) is 11.6 Å². The van der Waals surface area contributed by atoms with Crippen molar-refractivity contribution in [3.8, 4) is 0 Å². The highest BCUT2D eigenvalue weighted by Gasteiger charge is 2.43. The van der Waals surface area contributed by atoms with Gasteiger partial charge < -0.3 is 9.92 Å². The first kappa shape index (κ1) is 14.8. The first-order valence-corrected chi connectivity index (χ1v) is 7.72. The van der Waals surface area contributed by atoms with E-state index in [1.54, 1.807) is 12.1 Å². The number of nitrogens with two attached hydrogens (primary N) is 1. The van der Waals surface area contributed by atoms with Gasteiger partial charge in [-0.05, 0) is 30.0 Å². The van der Waals surface area contributed by atoms with Crippen LogP contribution in [0.1, 0.15) is 17.9 Å². The average Bonchev–Trinajstić information content (AvgIpc) is 3.17. The van der Waals surface area contributed by atoms with E-state index < -0.39 is 16.2 Å². The van der Waals surface area contributed by atoms with Crippen LogP contribution in [-0.4, -0.2) is 26.2 Å². The molecule has 0 aromatic heterocycles. The number of carbonyl (C=O) groups excluding carboxylic acids is 2. The van der Waals surface area contributed by atoms with Gasteiger partial charge in [0.25, 0.3) is 0 Å². The van der Waals surface area contributed by atoms with Gasteiger partial charge in [0.2, 0.25) is 0 Å². The van der Waals surface area contributed by atoms with Crippen molar-refractivity contribution < 1.29 is 22.2 Å². The fourth-order valence-electron chi connectivity index (χ4n) is 2.06. The van der Waals surface area contributed by atoms with E-state index in [4.69, 9.17) is 11.6 Å². The molecule has 2 rings (SSSR count). The van der Waals surface area contributed by atoms with Crippen LogP contribution in [0.15, 0.2) is 29.2 Å². The number of primary amides is 1. The van der Waals surface area contributed by atoms with E-state index in [2.05, 4.69) is 9.92 Å². The van der Waals surface area contributed by atoms with Crippen LogP contribution in [0, 0.1) is 5.92 Å². The fourth-order valence-corrected chi connectivity index (χ4v) is 3.04. The third-order valence-electron chi connectivity index (χ3n) is 3.12. The number of alkyl halides is 1. The number of ketones is 1. The summed E-state index contributed by atoms with van der Waals surface area (Å²) in [5, 5.41) is 0. The number of benzene rings is 1. The molecule has 1 saturated carbocycles. The average molecular weight is 318 g/mol. The van der Waals surface area contributed by atoms with Gasteiger partial charge in [-0.25, -0.2) is 4.79 Å². The minimum atomic E-state index is -4.18. The molecule has 2 N–H and O–H groups in total. The number of halogens is 1. The molecule has 6 nitrogen and oxygen atoms in total. The van der Waals surface area contributed by atoms with Gasteiger partial charge >= 0.3 is 16.2 Å². The molecule has 108 valence electrons. The second-order valence-corrected chi connectivity index (χ2v) is 6.29. The van der Waals surface area contributed by atoms with Gasteiger partial charge in [0, 0.05) is 5.92 Å². The zero-order valence-corrected chi connectivity index (χ0v) is 11.9. The van der Waals surface area contributed by atoms with Crippen LogP contribution in [0.3, 0.4) is 0 Å². The summed E-state index contributed by atoms with van der Waals surface area (Å²) in [6.07, 6.45) is -0.667. The summed E-state index contributed by atoms with van der Waals surface area (Å²) in [6.45, 7) is 0. The lowest BCUT2D eigenvalue weighted by atomic mass is 10.1. The Morgan fingerprint density at radius 3 is 2.40 bits per heavy atom. The molecule has 1 aromatic rings. The minimum absolute atomic E-state index is 0.00886. The highest BCUT2D eigenvalue weighted by molar-refractivity contribution is 7.87. The molecule has 0 heterocycles. The van der Waals surface area contributed by atoms with Crippen molar-refractivity contribution in [2.75, 3.05) is 5.88 Å². The standard InChI is InChI=1S/C12H12ClNO5S/c13-6-11(15)10-5-9(10)7-1-3-8(4-2-7)20(17,18)19-12(14)16/h1-4,9-10H,5-6H2,(H2,14,16)/t9-,10+/m0/s1. The Bertz CT molecular complexity index is 640. The predicted molar refractivity (Wildman–Crippen MR) is 70.9 cm³/mol. The van der Waals surface area contributed by atoms with Gasteiger partial charge in [-0.1, -0.05) is 12.1 Å². The van der Waals surface area contributed by atoms with Gasteiger partial charge in [0.1, 0.15) is 4.90 Å². The number of hydrogen-bond donors (Lipinski definition) is 1. The summed E-state index contributed by atoms with van der Waals surface area (Å²) in [7, 11) is -4.18. The molecular weight excluding hydrogens is 306 g/mol. The second kappa shape index (κ2) is 5.41. The maximum atomic E-state index is 11.6.